The van der Waals surface area contributed by atoms with Crippen LogP contribution in [0.4, 0.5) is 8.78 Å². The van der Waals surface area contributed by atoms with Gasteiger partial charge in [0.1, 0.15) is 0 Å². The molecule has 1 saturated carbocycles. The number of unbranched alkanes of at least 4 members (excludes halogenated alkanes) is 7. The number of aromatic nitrogens is 1. The molecule has 0 unspecified atom stereocenters. The fraction of sp³-hybridized carbons (Fsp3) is 0.700. The molecule has 0 atom stereocenters. The largest absolute Gasteiger partial charge is 0.478 e. The van der Waals surface area contributed by atoms with Crippen molar-refractivity contribution in [3.05, 3.63) is 34.5 Å². The molecule has 0 aliphatic heterocycles. The summed E-state index contributed by atoms with van der Waals surface area (Å²) in [6, 6.07) is 3.48. The second kappa shape index (κ2) is 15.8. The van der Waals surface area contributed by atoms with Gasteiger partial charge in [-0.1, -0.05) is 77.3 Å². The van der Waals surface area contributed by atoms with Crippen LogP contribution in [0.2, 0.25) is 5.02 Å². The van der Waals surface area contributed by atoms with E-state index in [1.165, 1.54) is 44.9 Å². The molecule has 1 aliphatic rings. The first-order valence-corrected chi connectivity index (χ1v) is 14.7. The Morgan fingerprint density at radius 3 is 2.26 bits per heavy atom. The zero-order valence-corrected chi connectivity index (χ0v) is 24.1. The average Bonchev–Trinajstić information content (AvgIpc) is 3.35. The summed E-state index contributed by atoms with van der Waals surface area (Å²) >= 11 is 6.09. The summed E-state index contributed by atoms with van der Waals surface area (Å²) in [6.07, 6.45) is 12.9. The standard InChI is InChI=1S/C17H33F2NO.C13H14ClNO2/c1-2-3-4-5-6-7-8-9-14-20-15-16(21)10-12-17(18,19)13-11-16;1-7(2)5-8-6-10(13(16)17)11(14)9-3-4-15-12(8)9/h20-21H,2-15H2,1H3;3-4,6-7,15H,5H2,1-2H3,(H,16,17). The van der Waals surface area contributed by atoms with E-state index in [0.29, 0.717) is 17.5 Å². The molecule has 0 spiro atoms. The van der Waals surface area contributed by atoms with Crippen molar-refractivity contribution in [2.45, 2.75) is 116 Å². The van der Waals surface area contributed by atoms with Gasteiger partial charge >= 0.3 is 5.97 Å². The van der Waals surface area contributed by atoms with Gasteiger partial charge in [-0.15, -0.1) is 0 Å². The van der Waals surface area contributed by atoms with E-state index < -0.39 is 17.5 Å². The Labute approximate surface area is 231 Å². The normalized spacial score (nSPS) is 16.4. The second-order valence-electron chi connectivity index (χ2n) is 11.3. The van der Waals surface area contributed by atoms with Crippen molar-refractivity contribution in [1.82, 2.24) is 10.3 Å². The van der Waals surface area contributed by atoms with E-state index in [4.69, 9.17) is 16.7 Å². The van der Waals surface area contributed by atoms with Gasteiger partial charge in [0, 0.05) is 31.0 Å². The molecule has 1 aliphatic carbocycles. The lowest BCUT2D eigenvalue weighted by Gasteiger charge is -2.36. The number of aromatic carboxylic acids is 1. The highest BCUT2D eigenvalue weighted by Gasteiger charge is 2.41. The number of H-pyrrole nitrogens is 1. The van der Waals surface area contributed by atoms with Crippen molar-refractivity contribution in [3.63, 3.8) is 0 Å². The highest BCUT2D eigenvalue weighted by molar-refractivity contribution is 6.38. The molecule has 0 radical (unpaired) electrons. The summed E-state index contributed by atoms with van der Waals surface area (Å²) < 4.78 is 26.1. The third-order valence-corrected chi connectivity index (χ3v) is 7.70. The smallest absolute Gasteiger partial charge is 0.337 e. The number of alkyl halides is 2. The number of hydrogen-bond donors (Lipinski definition) is 4. The number of nitrogens with one attached hydrogen (secondary N) is 2. The molecule has 5 nitrogen and oxygen atoms in total. The Hall–Kier alpha value is -1.70. The van der Waals surface area contributed by atoms with Crippen LogP contribution in [0.25, 0.3) is 10.9 Å². The number of carboxylic acid groups (broad SMARTS) is 1. The number of benzene rings is 1. The van der Waals surface area contributed by atoms with Gasteiger partial charge in [0.2, 0.25) is 5.92 Å². The topological polar surface area (TPSA) is 85.3 Å². The molecule has 38 heavy (non-hydrogen) atoms. The van der Waals surface area contributed by atoms with E-state index in [1.54, 1.807) is 12.3 Å². The highest BCUT2D eigenvalue weighted by atomic mass is 35.5. The molecule has 3 rings (SSSR count). The number of rotatable bonds is 14. The van der Waals surface area contributed by atoms with E-state index in [2.05, 4.69) is 31.1 Å². The summed E-state index contributed by atoms with van der Waals surface area (Å²) in [5.41, 5.74) is 1.20. The third kappa shape index (κ3) is 10.8. The van der Waals surface area contributed by atoms with E-state index in [9.17, 15) is 18.7 Å². The molecule has 0 amide bonds. The minimum atomic E-state index is -2.57. The van der Waals surface area contributed by atoms with Gasteiger partial charge in [0.05, 0.1) is 21.7 Å². The van der Waals surface area contributed by atoms with Crippen LogP contribution >= 0.6 is 11.6 Å². The maximum absolute atomic E-state index is 13.1. The fourth-order valence-electron chi connectivity index (χ4n) is 4.99. The van der Waals surface area contributed by atoms with E-state index in [1.807, 2.05) is 6.07 Å². The van der Waals surface area contributed by atoms with Gasteiger partial charge < -0.3 is 20.5 Å². The van der Waals surface area contributed by atoms with Crippen LogP contribution in [0, 0.1) is 5.92 Å². The van der Waals surface area contributed by atoms with Crippen LogP contribution in [0.3, 0.4) is 0 Å². The number of fused-ring (bicyclic) bond motifs is 1. The van der Waals surface area contributed by atoms with Crippen LogP contribution in [-0.2, 0) is 6.42 Å². The summed E-state index contributed by atoms with van der Waals surface area (Å²) in [4.78, 5) is 14.3. The van der Waals surface area contributed by atoms with Crippen LogP contribution < -0.4 is 5.32 Å². The maximum Gasteiger partial charge on any atom is 0.337 e. The van der Waals surface area contributed by atoms with Crippen LogP contribution in [0.1, 0.15) is 114 Å². The van der Waals surface area contributed by atoms with Gasteiger partial charge in [-0.25, -0.2) is 13.6 Å². The first-order valence-electron chi connectivity index (χ1n) is 14.3. The predicted octanol–water partition coefficient (Wildman–Crippen LogP) is 8.38. The molecule has 0 bridgehead atoms. The molecule has 216 valence electrons. The number of hydrogen-bond acceptors (Lipinski definition) is 3. The van der Waals surface area contributed by atoms with Crippen LogP contribution in [0.5, 0.6) is 0 Å². The third-order valence-electron chi connectivity index (χ3n) is 7.29. The quantitative estimate of drug-likeness (QED) is 0.176. The molecule has 8 heteroatoms. The molecule has 4 N–H and O–H groups in total. The van der Waals surface area contributed by atoms with E-state index in [-0.39, 0.29) is 31.2 Å². The van der Waals surface area contributed by atoms with Crippen molar-refractivity contribution >= 4 is 28.5 Å². The van der Waals surface area contributed by atoms with E-state index >= 15 is 0 Å². The van der Waals surface area contributed by atoms with Crippen molar-refractivity contribution < 1.29 is 23.8 Å². The van der Waals surface area contributed by atoms with Gasteiger partial charge in [-0.2, -0.15) is 0 Å². The summed E-state index contributed by atoms with van der Waals surface area (Å²) in [5.74, 6) is -3.09. The first kappa shape index (κ1) is 32.5. The van der Waals surface area contributed by atoms with Gasteiger partial charge in [-0.05, 0) is 55.8 Å². The number of aliphatic hydroxyl groups is 1. The molecular formula is C30H47ClF2N2O3. The zero-order chi connectivity index (χ0) is 28.2. The molecular weight excluding hydrogens is 510 g/mol. The highest BCUT2D eigenvalue weighted by Crippen LogP contribution is 2.38. The van der Waals surface area contributed by atoms with Crippen molar-refractivity contribution in [2.75, 3.05) is 13.1 Å². The number of carboxylic acids is 1. The molecule has 1 aromatic carbocycles. The number of halogens is 3. The monoisotopic (exact) mass is 556 g/mol. The Morgan fingerprint density at radius 1 is 1.08 bits per heavy atom. The Bertz CT molecular complexity index is 983. The Kier molecular flexibility index (Phi) is 13.5. The van der Waals surface area contributed by atoms with Crippen molar-refractivity contribution in [2.24, 2.45) is 5.92 Å². The van der Waals surface area contributed by atoms with Crippen molar-refractivity contribution in [3.8, 4) is 0 Å². The van der Waals surface area contributed by atoms with E-state index in [0.717, 1.165) is 35.9 Å². The maximum atomic E-state index is 13.1. The minimum absolute atomic E-state index is 0.175. The molecule has 1 fully saturated rings. The van der Waals surface area contributed by atoms with Crippen LogP contribution in [0.15, 0.2) is 18.3 Å². The van der Waals surface area contributed by atoms with Gasteiger partial charge in [0.25, 0.3) is 0 Å². The minimum Gasteiger partial charge on any atom is -0.478 e. The number of aromatic amines is 1. The summed E-state index contributed by atoms with van der Waals surface area (Å²) in [6.45, 7) is 7.77. The fourth-order valence-corrected chi connectivity index (χ4v) is 5.28. The molecule has 1 aromatic heterocycles. The molecule has 0 saturated heterocycles. The Morgan fingerprint density at radius 2 is 1.68 bits per heavy atom. The lowest BCUT2D eigenvalue weighted by molar-refractivity contribution is -0.102. The second-order valence-corrected chi connectivity index (χ2v) is 11.7. The zero-order valence-electron chi connectivity index (χ0n) is 23.4. The Balaban J connectivity index is 0.000000272. The van der Waals surface area contributed by atoms with Gasteiger partial charge in [-0.3, -0.25) is 0 Å². The average molecular weight is 557 g/mol. The first-order chi connectivity index (χ1) is 18.0. The van der Waals surface area contributed by atoms with Gasteiger partial charge in [0.15, 0.2) is 0 Å². The molecule has 2 aromatic rings. The number of carbonyl (C=O) groups is 1. The van der Waals surface area contributed by atoms with Crippen molar-refractivity contribution in [1.29, 1.82) is 0 Å². The predicted molar refractivity (Wildman–Crippen MR) is 153 cm³/mol. The molecule has 1 heterocycles. The summed E-state index contributed by atoms with van der Waals surface area (Å²) in [7, 11) is 0. The lowest BCUT2D eigenvalue weighted by atomic mass is 9.83. The summed E-state index contributed by atoms with van der Waals surface area (Å²) in [5, 5.41) is 23.7. The lowest BCUT2D eigenvalue weighted by Crippen LogP contribution is -2.46. The van der Waals surface area contributed by atoms with Crippen LogP contribution in [-0.4, -0.2) is 45.8 Å². The SMILES string of the molecule is CC(C)Cc1cc(C(=O)O)c(Cl)c2cc[nH]c12.CCCCCCCCCCNCC1(O)CCC(F)(F)CC1.